The minimum atomic E-state index is 0.0591. The van der Waals surface area contributed by atoms with Crippen LogP contribution in [0.25, 0.3) is 0 Å². The van der Waals surface area contributed by atoms with Gasteiger partial charge < -0.3 is 16.0 Å². The second kappa shape index (κ2) is 5.30. The van der Waals surface area contributed by atoms with Gasteiger partial charge in [0.05, 0.1) is 6.54 Å². The van der Waals surface area contributed by atoms with Crippen LogP contribution in [-0.2, 0) is 9.59 Å². The predicted molar refractivity (Wildman–Crippen MR) is 59.8 cm³/mol. The van der Waals surface area contributed by atoms with E-state index in [0.717, 1.165) is 18.9 Å². The number of carbonyl (C=O) groups is 2. The normalized spacial score (nSPS) is 25.0. The maximum Gasteiger partial charge on any atom is 0.233 e. The number of hydrogen-bond acceptors (Lipinski definition) is 3. The summed E-state index contributed by atoms with van der Waals surface area (Å²) in [5, 5.41) is 8.85. The Morgan fingerprint density at radius 3 is 2.81 bits per heavy atom. The molecule has 3 N–H and O–H groups in total. The van der Waals surface area contributed by atoms with Gasteiger partial charge in [0.1, 0.15) is 0 Å². The lowest BCUT2D eigenvalue weighted by Gasteiger charge is -2.23. The van der Waals surface area contributed by atoms with Gasteiger partial charge in [0.15, 0.2) is 0 Å². The molecule has 0 aromatic carbocycles. The average molecular weight is 225 g/mol. The van der Waals surface area contributed by atoms with Crippen LogP contribution in [0.5, 0.6) is 0 Å². The number of rotatable bonds is 5. The monoisotopic (exact) mass is 225 g/mol. The third kappa shape index (κ3) is 3.81. The van der Waals surface area contributed by atoms with Gasteiger partial charge in [-0.3, -0.25) is 9.59 Å². The largest absolute Gasteiger partial charge is 0.355 e. The molecule has 0 spiro atoms. The van der Waals surface area contributed by atoms with E-state index < -0.39 is 0 Å². The molecule has 0 aromatic rings. The van der Waals surface area contributed by atoms with Gasteiger partial charge in [-0.25, -0.2) is 0 Å². The second-order valence-corrected chi connectivity index (χ2v) is 4.67. The Labute approximate surface area is 95.3 Å². The van der Waals surface area contributed by atoms with E-state index in [1.54, 1.807) is 0 Å². The van der Waals surface area contributed by atoms with Crippen molar-refractivity contribution in [1.29, 1.82) is 0 Å². The van der Waals surface area contributed by atoms with E-state index >= 15 is 0 Å². The van der Waals surface area contributed by atoms with Crippen LogP contribution >= 0.6 is 0 Å². The molecular formula is C11H19N3O2. The van der Waals surface area contributed by atoms with Crippen molar-refractivity contribution >= 4 is 11.8 Å². The summed E-state index contributed by atoms with van der Waals surface area (Å²) in [4.78, 5) is 22.3. The van der Waals surface area contributed by atoms with Crippen LogP contribution in [0.15, 0.2) is 0 Å². The van der Waals surface area contributed by atoms with Gasteiger partial charge in [-0.15, -0.1) is 0 Å². The van der Waals surface area contributed by atoms with E-state index in [0.29, 0.717) is 19.5 Å². The molecule has 1 heterocycles. The summed E-state index contributed by atoms with van der Waals surface area (Å²) in [5.41, 5.74) is 0. The van der Waals surface area contributed by atoms with Crippen molar-refractivity contribution in [1.82, 2.24) is 16.0 Å². The standard InChI is InChI=1S/C11H19N3O2/c15-10-4-3-9(6-14-10)12-7-11(16)13-5-8-1-2-8/h8-9,12H,1-7H2,(H,13,16)(H,14,15). The Kier molecular flexibility index (Phi) is 3.77. The third-order valence-electron chi connectivity index (χ3n) is 3.10. The van der Waals surface area contributed by atoms with E-state index in [1.807, 2.05) is 0 Å². The molecule has 2 fully saturated rings. The van der Waals surface area contributed by atoms with Crippen LogP contribution < -0.4 is 16.0 Å². The molecule has 1 saturated heterocycles. The highest BCUT2D eigenvalue weighted by molar-refractivity contribution is 5.78. The van der Waals surface area contributed by atoms with Crippen molar-refractivity contribution in [3.8, 4) is 0 Å². The number of hydrogen-bond donors (Lipinski definition) is 3. The van der Waals surface area contributed by atoms with Crippen molar-refractivity contribution in [2.45, 2.75) is 31.7 Å². The molecule has 1 aliphatic heterocycles. The fraction of sp³-hybridized carbons (Fsp3) is 0.818. The van der Waals surface area contributed by atoms with Gasteiger partial charge >= 0.3 is 0 Å². The summed E-state index contributed by atoms with van der Waals surface area (Å²) in [6.45, 7) is 1.81. The Morgan fingerprint density at radius 2 is 2.19 bits per heavy atom. The first-order valence-corrected chi connectivity index (χ1v) is 6.01. The fourth-order valence-corrected chi connectivity index (χ4v) is 1.79. The second-order valence-electron chi connectivity index (χ2n) is 4.67. The van der Waals surface area contributed by atoms with Crippen molar-refractivity contribution in [2.24, 2.45) is 5.92 Å². The predicted octanol–water partition coefficient (Wildman–Crippen LogP) is -0.619. The third-order valence-corrected chi connectivity index (χ3v) is 3.10. The molecule has 2 rings (SSSR count). The Hall–Kier alpha value is -1.10. The van der Waals surface area contributed by atoms with Crippen LogP contribution in [0.3, 0.4) is 0 Å². The first kappa shape index (κ1) is 11.4. The summed E-state index contributed by atoms with van der Waals surface area (Å²) < 4.78 is 0. The van der Waals surface area contributed by atoms with Crippen LogP contribution in [0.2, 0.25) is 0 Å². The number of carbonyl (C=O) groups excluding carboxylic acids is 2. The van der Waals surface area contributed by atoms with E-state index in [-0.39, 0.29) is 17.9 Å². The molecule has 0 aromatic heterocycles. The summed E-state index contributed by atoms with van der Waals surface area (Å²) >= 11 is 0. The molecule has 2 amide bonds. The first-order valence-electron chi connectivity index (χ1n) is 6.01. The van der Waals surface area contributed by atoms with Gasteiger partial charge in [-0.1, -0.05) is 0 Å². The number of piperidine rings is 1. The van der Waals surface area contributed by atoms with Gasteiger partial charge in [0, 0.05) is 25.6 Å². The lowest BCUT2D eigenvalue weighted by atomic mass is 10.1. The highest BCUT2D eigenvalue weighted by Gasteiger charge is 2.22. The highest BCUT2D eigenvalue weighted by Crippen LogP contribution is 2.27. The van der Waals surface area contributed by atoms with Crippen molar-refractivity contribution in [3.63, 3.8) is 0 Å². The zero-order valence-electron chi connectivity index (χ0n) is 9.42. The van der Waals surface area contributed by atoms with E-state index in [2.05, 4.69) is 16.0 Å². The van der Waals surface area contributed by atoms with Gasteiger partial charge in [-0.2, -0.15) is 0 Å². The summed E-state index contributed by atoms with van der Waals surface area (Å²) in [6, 6.07) is 0.240. The molecule has 0 bridgehead atoms. The van der Waals surface area contributed by atoms with E-state index in [1.165, 1.54) is 12.8 Å². The quantitative estimate of drug-likeness (QED) is 0.584. The Morgan fingerprint density at radius 1 is 1.38 bits per heavy atom. The minimum absolute atomic E-state index is 0.0591. The molecule has 1 aliphatic carbocycles. The van der Waals surface area contributed by atoms with Crippen LogP contribution in [0.4, 0.5) is 0 Å². The summed E-state index contributed by atoms with van der Waals surface area (Å²) in [5.74, 6) is 0.887. The molecule has 16 heavy (non-hydrogen) atoms. The molecule has 5 nitrogen and oxygen atoms in total. The van der Waals surface area contributed by atoms with E-state index in [9.17, 15) is 9.59 Å². The van der Waals surface area contributed by atoms with E-state index in [4.69, 9.17) is 0 Å². The highest BCUT2D eigenvalue weighted by atomic mass is 16.2. The summed E-state index contributed by atoms with van der Waals surface area (Å²) in [7, 11) is 0. The maximum atomic E-state index is 11.4. The first-order chi connectivity index (χ1) is 7.74. The van der Waals surface area contributed by atoms with Crippen molar-refractivity contribution in [2.75, 3.05) is 19.6 Å². The molecule has 90 valence electrons. The average Bonchev–Trinajstić information content (AvgIpc) is 3.09. The Bertz CT molecular complexity index is 266. The lowest BCUT2D eigenvalue weighted by molar-refractivity contribution is -0.122. The minimum Gasteiger partial charge on any atom is -0.355 e. The number of amides is 2. The van der Waals surface area contributed by atoms with Crippen LogP contribution in [0, 0.1) is 5.92 Å². The Balaban J connectivity index is 1.55. The lowest BCUT2D eigenvalue weighted by Crippen LogP contribution is -2.48. The maximum absolute atomic E-state index is 11.4. The zero-order chi connectivity index (χ0) is 11.4. The van der Waals surface area contributed by atoms with Crippen molar-refractivity contribution in [3.05, 3.63) is 0 Å². The molecule has 1 atom stereocenters. The molecule has 0 radical (unpaired) electrons. The topological polar surface area (TPSA) is 70.2 Å². The molecule has 1 saturated carbocycles. The molecule has 5 heteroatoms. The van der Waals surface area contributed by atoms with Gasteiger partial charge in [0.25, 0.3) is 0 Å². The van der Waals surface area contributed by atoms with Crippen LogP contribution in [0.1, 0.15) is 25.7 Å². The zero-order valence-corrected chi connectivity index (χ0v) is 9.42. The summed E-state index contributed by atoms with van der Waals surface area (Å²) in [6.07, 6.45) is 3.88. The molecular weight excluding hydrogens is 206 g/mol. The van der Waals surface area contributed by atoms with Gasteiger partial charge in [-0.05, 0) is 25.2 Å². The fourth-order valence-electron chi connectivity index (χ4n) is 1.79. The van der Waals surface area contributed by atoms with Gasteiger partial charge in [0.2, 0.25) is 11.8 Å². The smallest absolute Gasteiger partial charge is 0.233 e. The van der Waals surface area contributed by atoms with Crippen LogP contribution in [-0.4, -0.2) is 37.5 Å². The SMILES string of the molecule is O=C1CCC(NCC(=O)NCC2CC2)CN1. The number of nitrogens with one attached hydrogen (secondary N) is 3. The van der Waals surface area contributed by atoms with Crippen molar-refractivity contribution < 1.29 is 9.59 Å². The molecule has 2 aliphatic rings. The molecule has 1 unspecified atom stereocenters.